The number of hydrogen-bond donors (Lipinski definition) is 2. The summed E-state index contributed by atoms with van der Waals surface area (Å²) in [5.74, 6) is 0.0660. The molecule has 2 N–H and O–H groups in total. The minimum Gasteiger partial charge on any atom is -0.490 e. The highest BCUT2D eigenvalue weighted by Crippen LogP contribution is 2.22. The quantitative estimate of drug-likeness (QED) is 0.494. The summed E-state index contributed by atoms with van der Waals surface area (Å²) in [6, 6.07) is 14.0. The normalized spacial score (nSPS) is 17.1. The molecule has 1 aliphatic heterocycles. The van der Waals surface area contributed by atoms with Crippen LogP contribution in [0.4, 0.5) is 0 Å². The number of nitrogens with zero attached hydrogens (tertiary/aromatic N) is 1. The lowest BCUT2D eigenvalue weighted by molar-refractivity contribution is -0.146. The molecule has 34 heavy (non-hydrogen) atoms. The number of methoxy groups -OCH3 is 1. The number of carbonyl (C=O) groups excluding carboxylic acids is 2. The maximum Gasteiger partial charge on any atom is 0.330 e. The zero-order valence-electron chi connectivity index (χ0n) is 19.6. The summed E-state index contributed by atoms with van der Waals surface area (Å²) in [4.78, 5) is 26.7. The molecule has 0 spiro atoms. The molecule has 2 aromatic rings. The number of aliphatic hydroxyl groups excluding tert-OH is 1. The number of para-hydroxylation sites is 1. The number of esters is 1. The second-order valence-electron chi connectivity index (χ2n) is 8.77. The summed E-state index contributed by atoms with van der Waals surface area (Å²) >= 11 is 5.91. The number of amides is 1. The highest BCUT2D eigenvalue weighted by atomic mass is 35.5. The molecule has 3 rings (SSSR count). The summed E-state index contributed by atoms with van der Waals surface area (Å²) in [6.07, 6.45) is 0.142. The Morgan fingerprint density at radius 1 is 1.21 bits per heavy atom. The van der Waals surface area contributed by atoms with Gasteiger partial charge in [-0.25, -0.2) is 4.79 Å². The number of β-amino-alcohol motifs (C(OH)–C–C–N with tert-alkyl or cyclic N) is 1. The average molecular weight is 491 g/mol. The van der Waals surface area contributed by atoms with Crippen LogP contribution in [-0.4, -0.2) is 73.0 Å². The molecule has 0 aromatic heterocycles. The lowest BCUT2D eigenvalue weighted by Crippen LogP contribution is -2.50. The Kier molecular flexibility index (Phi) is 8.77. The molecule has 0 radical (unpaired) electrons. The molecule has 2 atom stereocenters. The molecular formula is C25H31ClN2O6. The number of benzene rings is 2. The summed E-state index contributed by atoms with van der Waals surface area (Å²) in [5.41, 5.74) is -0.928. The molecule has 1 saturated heterocycles. The van der Waals surface area contributed by atoms with Gasteiger partial charge in [-0.15, -0.1) is 0 Å². The van der Waals surface area contributed by atoms with Crippen molar-refractivity contribution in [2.24, 2.45) is 0 Å². The van der Waals surface area contributed by atoms with Gasteiger partial charge in [-0.05, 0) is 56.7 Å². The molecule has 0 bridgehead atoms. The van der Waals surface area contributed by atoms with E-state index in [4.69, 9.17) is 25.8 Å². The van der Waals surface area contributed by atoms with Crippen molar-refractivity contribution in [3.63, 3.8) is 0 Å². The van der Waals surface area contributed by atoms with Crippen LogP contribution in [-0.2, 0) is 9.53 Å². The van der Waals surface area contributed by atoms with E-state index in [2.05, 4.69) is 10.2 Å². The molecule has 2 unspecified atom stereocenters. The Bertz CT molecular complexity index is 982. The number of halogens is 1. The predicted molar refractivity (Wildman–Crippen MR) is 128 cm³/mol. The topological polar surface area (TPSA) is 97.3 Å². The number of likely N-dealkylation sites (tertiary alicyclic amines) is 1. The maximum absolute atomic E-state index is 12.7. The largest absolute Gasteiger partial charge is 0.490 e. The summed E-state index contributed by atoms with van der Waals surface area (Å²) < 4.78 is 16.5. The Morgan fingerprint density at radius 2 is 1.91 bits per heavy atom. The highest BCUT2D eigenvalue weighted by molar-refractivity contribution is 6.30. The average Bonchev–Trinajstić information content (AvgIpc) is 3.25. The van der Waals surface area contributed by atoms with Crippen molar-refractivity contribution >= 4 is 23.5 Å². The lowest BCUT2D eigenvalue weighted by atomic mass is 10.0. The van der Waals surface area contributed by atoms with E-state index in [1.807, 2.05) is 12.1 Å². The summed E-state index contributed by atoms with van der Waals surface area (Å²) in [6.45, 7) is 5.06. The van der Waals surface area contributed by atoms with Gasteiger partial charge in [0.1, 0.15) is 35.9 Å². The first-order valence-electron chi connectivity index (χ1n) is 11.1. The van der Waals surface area contributed by atoms with E-state index in [-0.39, 0.29) is 18.3 Å². The standard InChI is InChI=1S/C25H31ClN2O6/c1-25(2,24(31)32-3)27-23(30)21-6-4-5-7-22(21)33-16-18(29)14-28-13-12-20(15-28)34-19-10-8-17(26)9-11-19/h4-11,18,20,29H,12-16H2,1-3H3,(H,27,30). The second kappa shape index (κ2) is 11.6. The first-order valence-corrected chi connectivity index (χ1v) is 11.5. The Balaban J connectivity index is 1.49. The van der Waals surface area contributed by atoms with E-state index in [0.717, 1.165) is 18.7 Å². The Labute approximate surface area is 204 Å². The van der Waals surface area contributed by atoms with E-state index in [9.17, 15) is 14.7 Å². The number of hydrogen-bond acceptors (Lipinski definition) is 7. The lowest BCUT2D eigenvalue weighted by Gasteiger charge is -2.24. The fourth-order valence-corrected chi connectivity index (χ4v) is 3.86. The maximum atomic E-state index is 12.7. The second-order valence-corrected chi connectivity index (χ2v) is 9.21. The predicted octanol–water partition coefficient (Wildman–Crippen LogP) is 2.91. The molecule has 0 saturated carbocycles. The molecule has 2 aromatic carbocycles. The Morgan fingerprint density at radius 3 is 2.62 bits per heavy atom. The minimum absolute atomic E-state index is 0.0178. The van der Waals surface area contributed by atoms with Crippen molar-refractivity contribution < 1.29 is 28.9 Å². The van der Waals surface area contributed by atoms with Crippen LogP contribution in [0.5, 0.6) is 11.5 Å². The van der Waals surface area contributed by atoms with Gasteiger partial charge in [0.25, 0.3) is 5.91 Å². The summed E-state index contributed by atoms with van der Waals surface area (Å²) in [5, 5.41) is 13.8. The fraction of sp³-hybridized carbons (Fsp3) is 0.440. The van der Waals surface area contributed by atoms with E-state index in [0.29, 0.717) is 23.9 Å². The third kappa shape index (κ3) is 7.09. The minimum atomic E-state index is -1.20. The van der Waals surface area contributed by atoms with Crippen molar-refractivity contribution in [3.05, 3.63) is 59.1 Å². The number of aliphatic hydroxyl groups is 1. The zero-order chi connectivity index (χ0) is 24.7. The van der Waals surface area contributed by atoms with Gasteiger partial charge in [0.15, 0.2) is 0 Å². The van der Waals surface area contributed by atoms with E-state index in [1.165, 1.54) is 7.11 Å². The monoisotopic (exact) mass is 490 g/mol. The van der Waals surface area contributed by atoms with Gasteiger partial charge in [0, 0.05) is 24.7 Å². The van der Waals surface area contributed by atoms with Crippen molar-refractivity contribution in [1.82, 2.24) is 10.2 Å². The van der Waals surface area contributed by atoms with E-state index >= 15 is 0 Å². The van der Waals surface area contributed by atoms with Gasteiger partial charge in [-0.1, -0.05) is 23.7 Å². The molecule has 1 heterocycles. The molecule has 184 valence electrons. The van der Waals surface area contributed by atoms with Crippen LogP contribution >= 0.6 is 11.6 Å². The molecule has 1 fully saturated rings. The first-order chi connectivity index (χ1) is 16.2. The molecule has 1 aliphatic rings. The summed E-state index contributed by atoms with van der Waals surface area (Å²) in [7, 11) is 1.26. The zero-order valence-corrected chi connectivity index (χ0v) is 20.4. The number of nitrogens with one attached hydrogen (secondary N) is 1. The molecule has 0 aliphatic carbocycles. The van der Waals surface area contributed by atoms with Gasteiger partial charge < -0.3 is 24.6 Å². The smallest absolute Gasteiger partial charge is 0.330 e. The van der Waals surface area contributed by atoms with Crippen LogP contribution in [0.3, 0.4) is 0 Å². The fourth-order valence-electron chi connectivity index (χ4n) is 3.74. The van der Waals surface area contributed by atoms with Gasteiger partial charge in [0.05, 0.1) is 12.7 Å². The van der Waals surface area contributed by atoms with Crippen molar-refractivity contribution in [2.45, 2.75) is 38.0 Å². The molecule has 1 amide bonds. The third-order valence-corrected chi connectivity index (χ3v) is 5.75. The van der Waals surface area contributed by atoms with E-state index < -0.39 is 23.5 Å². The SMILES string of the molecule is COC(=O)C(C)(C)NC(=O)c1ccccc1OCC(O)CN1CCC(Oc2ccc(Cl)cc2)C1. The van der Waals surface area contributed by atoms with Crippen molar-refractivity contribution in [1.29, 1.82) is 0 Å². The molecule has 8 nitrogen and oxygen atoms in total. The third-order valence-electron chi connectivity index (χ3n) is 5.50. The van der Waals surface area contributed by atoms with Crippen LogP contribution < -0.4 is 14.8 Å². The number of carbonyl (C=O) groups is 2. The Hall–Kier alpha value is -2.81. The number of ether oxygens (including phenoxy) is 3. The highest BCUT2D eigenvalue weighted by Gasteiger charge is 2.32. The van der Waals surface area contributed by atoms with Crippen LogP contribution in [0.2, 0.25) is 5.02 Å². The molecular weight excluding hydrogens is 460 g/mol. The van der Waals surface area contributed by atoms with Gasteiger partial charge in [0.2, 0.25) is 0 Å². The van der Waals surface area contributed by atoms with Crippen molar-refractivity contribution in [3.8, 4) is 11.5 Å². The first kappa shape index (κ1) is 25.8. The van der Waals surface area contributed by atoms with Crippen LogP contribution in [0.25, 0.3) is 0 Å². The van der Waals surface area contributed by atoms with Gasteiger partial charge in [-0.2, -0.15) is 0 Å². The molecule has 9 heteroatoms. The van der Waals surface area contributed by atoms with Gasteiger partial charge >= 0.3 is 5.97 Å². The van der Waals surface area contributed by atoms with Crippen LogP contribution in [0.15, 0.2) is 48.5 Å². The van der Waals surface area contributed by atoms with E-state index in [1.54, 1.807) is 50.2 Å². The van der Waals surface area contributed by atoms with Crippen LogP contribution in [0, 0.1) is 0 Å². The van der Waals surface area contributed by atoms with Crippen molar-refractivity contribution in [2.75, 3.05) is 33.4 Å². The van der Waals surface area contributed by atoms with Crippen LogP contribution in [0.1, 0.15) is 30.6 Å². The van der Waals surface area contributed by atoms with Gasteiger partial charge in [-0.3, -0.25) is 9.69 Å². The number of rotatable bonds is 10.